The Kier molecular flexibility index (Phi) is 4.50. The molecule has 9 heteroatoms. The molecule has 0 aliphatic heterocycles. The molecular formula is C13H13FN2O4S2. The fourth-order valence-electron chi connectivity index (χ4n) is 1.80. The standard InChI is InChI=1S/C13H13FN2O4S2/c14-11-5-3-6-12(8-11)22(19,20)16-13-7-2-1-4-10(13)9-21(15,17)18/h1-8,16H,9H2,(H2,15,17,18). The minimum Gasteiger partial charge on any atom is -0.279 e. The summed E-state index contributed by atoms with van der Waals surface area (Å²) in [4.78, 5) is -0.266. The summed E-state index contributed by atoms with van der Waals surface area (Å²) in [5.74, 6) is -1.21. The van der Waals surface area contributed by atoms with E-state index in [-0.39, 0.29) is 16.1 Å². The molecular weight excluding hydrogens is 331 g/mol. The number of anilines is 1. The molecule has 2 aromatic carbocycles. The number of nitrogens with two attached hydrogens (primary N) is 1. The molecule has 0 heterocycles. The van der Waals surface area contributed by atoms with Crippen molar-refractivity contribution >= 4 is 25.7 Å². The van der Waals surface area contributed by atoms with Gasteiger partial charge in [-0.1, -0.05) is 24.3 Å². The van der Waals surface area contributed by atoms with Crippen LogP contribution in [0.4, 0.5) is 10.1 Å². The molecule has 0 amide bonds. The number of hydrogen-bond donors (Lipinski definition) is 2. The Morgan fingerprint density at radius 3 is 2.32 bits per heavy atom. The first-order chi connectivity index (χ1) is 10.2. The highest BCUT2D eigenvalue weighted by molar-refractivity contribution is 7.92. The van der Waals surface area contributed by atoms with Gasteiger partial charge in [-0.25, -0.2) is 26.4 Å². The van der Waals surface area contributed by atoms with Crippen molar-refractivity contribution in [3.63, 3.8) is 0 Å². The third-order valence-electron chi connectivity index (χ3n) is 2.72. The predicted molar refractivity (Wildman–Crippen MR) is 80.5 cm³/mol. The number of nitrogens with one attached hydrogen (secondary N) is 1. The SMILES string of the molecule is NS(=O)(=O)Cc1ccccc1NS(=O)(=O)c1cccc(F)c1. The summed E-state index contributed by atoms with van der Waals surface area (Å²) < 4.78 is 62.2. The molecule has 0 atom stereocenters. The molecule has 118 valence electrons. The number of benzene rings is 2. The molecule has 0 aromatic heterocycles. The van der Waals surface area contributed by atoms with Gasteiger partial charge in [0.2, 0.25) is 10.0 Å². The lowest BCUT2D eigenvalue weighted by molar-refractivity contribution is 0.593. The Balaban J connectivity index is 2.38. The van der Waals surface area contributed by atoms with Crippen LogP contribution in [0.3, 0.4) is 0 Å². The molecule has 3 N–H and O–H groups in total. The molecule has 0 unspecified atom stereocenters. The van der Waals surface area contributed by atoms with E-state index in [0.29, 0.717) is 0 Å². The van der Waals surface area contributed by atoms with E-state index in [1.54, 1.807) is 6.07 Å². The zero-order chi connectivity index (χ0) is 16.4. The molecule has 6 nitrogen and oxygen atoms in total. The van der Waals surface area contributed by atoms with Gasteiger partial charge in [0.15, 0.2) is 0 Å². The van der Waals surface area contributed by atoms with Gasteiger partial charge in [0.1, 0.15) is 5.82 Å². The smallest absolute Gasteiger partial charge is 0.262 e. The molecule has 0 saturated heterocycles. The highest BCUT2D eigenvalue weighted by Gasteiger charge is 2.18. The molecule has 0 saturated carbocycles. The first-order valence-electron chi connectivity index (χ1n) is 6.04. The van der Waals surface area contributed by atoms with Crippen molar-refractivity contribution in [1.82, 2.24) is 0 Å². The van der Waals surface area contributed by atoms with Crippen LogP contribution in [0, 0.1) is 5.82 Å². The minimum absolute atomic E-state index is 0.0702. The van der Waals surface area contributed by atoms with Crippen molar-refractivity contribution in [2.45, 2.75) is 10.6 Å². The Hall–Kier alpha value is -1.97. The molecule has 0 spiro atoms. The maximum absolute atomic E-state index is 13.1. The molecule has 0 aliphatic rings. The lowest BCUT2D eigenvalue weighted by Gasteiger charge is -2.12. The lowest BCUT2D eigenvalue weighted by atomic mass is 10.2. The summed E-state index contributed by atoms with van der Waals surface area (Å²) in [5, 5.41) is 4.98. The molecule has 0 aliphatic carbocycles. The normalized spacial score (nSPS) is 12.1. The highest BCUT2D eigenvalue weighted by Crippen LogP contribution is 2.21. The minimum atomic E-state index is -4.04. The quantitative estimate of drug-likeness (QED) is 0.855. The summed E-state index contributed by atoms with van der Waals surface area (Å²) in [7, 11) is -7.86. The fraction of sp³-hybridized carbons (Fsp3) is 0.0769. The van der Waals surface area contributed by atoms with Gasteiger partial charge in [-0.15, -0.1) is 0 Å². The van der Waals surface area contributed by atoms with Crippen LogP contribution in [0.15, 0.2) is 53.4 Å². The van der Waals surface area contributed by atoms with E-state index < -0.39 is 31.6 Å². The van der Waals surface area contributed by atoms with E-state index in [4.69, 9.17) is 5.14 Å². The second-order valence-corrected chi connectivity index (χ2v) is 7.82. The van der Waals surface area contributed by atoms with E-state index in [2.05, 4.69) is 4.72 Å². The van der Waals surface area contributed by atoms with Crippen LogP contribution in [-0.4, -0.2) is 16.8 Å². The Labute approximate surface area is 127 Å². The number of halogens is 1. The van der Waals surface area contributed by atoms with Crippen molar-refractivity contribution in [3.05, 3.63) is 59.9 Å². The van der Waals surface area contributed by atoms with Crippen molar-refractivity contribution in [1.29, 1.82) is 0 Å². The van der Waals surface area contributed by atoms with E-state index in [9.17, 15) is 21.2 Å². The van der Waals surface area contributed by atoms with Gasteiger partial charge >= 0.3 is 0 Å². The summed E-state index contributed by atoms with van der Waals surface area (Å²) in [5.41, 5.74) is 0.269. The van der Waals surface area contributed by atoms with Crippen LogP contribution in [0.2, 0.25) is 0 Å². The van der Waals surface area contributed by atoms with Crippen molar-refractivity contribution in [2.75, 3.05) is 4.72 Å². The van der Waals surface area contributed by atoms with Crippen LogP contribution < -0.4 is 9.86 Å². The number of primary sulfonamides is 1. The van der Waals surface area contributed by atoms with Gasteiger partial charge in [0, 0.05) is 0 Å². The second-order valence-electron chi connectivity index (χ2n) is 4.53. The summed E-state index contributed by atoms with van der Waals surface area (Å²) in [6, 6.07) is 10.4. The van der Waals surface area contributed by atoms with Gasteiger partial charge in [0.25, 0.3) is 10.0 Å². The molecule has 0 radical (unpaired) electrons. The van der Waals surface area contributed by atoms with Crippen molar-refractivity contribution in [2.24, 2.45) is 5.14 Å². The third kappa shape index (κ3) is 4.26. The zero-order valence-electron chi connectivity index (χ0n) is 11.2. The number of sulfonamides is 2. The first-order valence-corrected chi connectivity index (χ1v) is 9.24. The van der Waals surface area contributed by atoms with Crippen molar-refractivity contribution < 1.29 is 21.2 Å². The average Bonchev–Trinajstić information content (AvgIpc) is 2.39. The first kappa shape index (κ1) is 16.4. The Bertz CT molecular complexity index is 896. The third-order valence-corrected chi connectivity index (χ3v) is 4.80. The summed E-state index contributed by atoms with van der Waals surface area (Å²) in [6.07, 6.45) is 0. The zero-order valence-corrected chi connectivity index (χ0v) is 12.9. The van der Waals surface area contributed by atoms with Gasteiger partial charge in [-0.3, -0.25) is 4.72 Å². The van der Waals surface area contributed by atoms with Gasteiger partial charge < -0.3 is 0 Å². The number of hydrogen-bond acceptors (Lipinski definition) is 4. The van der Waals surface area contributed by atoms with Gasteiger partial charge in [-0.2, -0.15) is 0 Å². The average molecular weight is 344 g/mol. The maximum Gasteiger partial charge on any atom is 0.262 e. The predicted octanol–water partition coefficient (Wildman–Crippen LogP) is 1.42. The van der Waals surface area contributed by atoms with Gasteiger partial charge in [-0.05, 0) is 29.8 Å². The molecule has 0 bridgehead atoms. The van der Waals surface area contributed by atoms with Gasteiger partial charge in [0.05, 0.1) is 16.3 Å². The van der Waals surface area contributed by atoms with Crippen LogP contribution in [0.1, 0.15) is 5.56 Å². The van der Waals surface area contributed by atoms with E-state index in [0.717, 1.165) is 12.1 Å². The molecule has 2 aromatic rings. The van der Waals surface area contributed by atoms with Crippen LogP contribution in [-0.2, 0) is 25.8 Å². The van der Waals surface area contributed by atoms with Crippen LogP contribution in [0.25, 0.3) is 0 Å². The van der Waals surface area contributed by atoms with Crippen LogP contribution in [0.5, 0.6) is 0 Å². The fourth-order valence-corrected chi connectivity index (χ4v) is 3.62. The monoisotopic (exact) mass is 344 g/mol. The molecule has 0 fully saturated rings. The summed E-state index contributed by atoms with van der Waals surface area (Å²) >= 11 is 0. The van der Waals surface area contributed by atoms with Crippen molar-refractivity contribution in [3.8, 4) is 0 Å². The summed E-state index contributed by atoms with van der Waals surface area (Å²) in [6.45, 7) is 0. The largest absolute Gasteiger partial charge is 0.279 e. The molecule has 22 heavy (non-hydrogen) atoms. The highest BCUT2D eigenvalue weighted by atomic mass is 32.2. The topological polar surface area (TPSA) is 106 Å². The maximum atomic E-state index is 13.1. The van der Waals surface area contributed by atoms with E-state index >= 15 is 0 Å². The number of para-hydroxylation sites is 1. The van der Waals surface area contributed by atoms with Crippen LogP contribution >= 0.6 is 0 Å². The molecule has 2 rings (SSSR count). The second kappa shape index (κ2) is 6.03. The van der Waals surface area contributed by atoms with E-state index in [1.165, 1.54) is 30.3 Å². The Morgan fingerprint density at radius 1 is 1.00 bits per heavy atom. The number of rotatable bonds is 5. The Morgan fingerprint density at radius 2 is 1.68 bits per heavy atom. The van der Waals surface area contributed by atoms with E-state index in [1.807, 2.05) is 0 Å². The lowest BCUT2D eigenvalue weighted by Crippen LogP contribution is -2.18.